The van der Waals surface area contributed by atoms with Crippen molar-refractivity contribution in [2.45, 2.75) is 12.1 Å². The predicted octanol–water partition coefficient (Wildman–Crippen LogP) is 2.03. The van der Waals surface area contributed by atoms with Crippen LogP contribution in [0.15, 0.2) is 64.1 Å². The second-order valence-electron chi connectivity index (χ2n) is 4.16. The van der Waals surface area contributed by atoms with Crippen molar-refractivity contribution in [2.24, 2.45) is 15.7 Å². The highest BCUT2D eigenvalue weighted by Gasteiger charge is 2.20. The van der Waals surface area contributed by atoms with Crippen molar-refractivity contribution in [3.05, 3.63) is 59.7 Å². The summed E-state index contributed by atoms with van der Waals surface area (Å²) < 4.78 is 0. The van der Waals surface area contributed by atoms with Crippen LogP contribution in [0.5, 0.6) is 0 Å². The van der Waals surface area contributed by atoms with E-state index in [2.05, 4.69) is 9.98 Å². The minimum Gasteiger partial charge on any atom is -0.320 e. The van der Waals surface area contributed by atoms with Crippen LogP contribution in [0.25, 0.3) is 0 Å². The summed E-state index contributed by atoms with van der Waals surface area (Å²) in [5, 5.41) is 0. The third-order valence-electron chi connectivity index (χ3n) is 3.04. The van der Waals surface area contributed by atoms with Gasteiger partial charge in [-0.1, -0.05) is 42.5 Å². The van der Waals surface area contributed by atoms with E-state index in [0.29, 0.717) is 0 Å². The van der Waals surface area contributed by atoms with Gasteiger partial charge in [0.05, 0.1) is 11.8 Å². The molecule has 3 rings (SSSR count). The first kappa shape index (κ1) is 10.2. The molecule has 2 atom stereocenters. The lowest BCUT2D eigenvalue weighted by Gasteiger charge is -2.18. The molecule has 17 heavy (non-hydrogen) atoms. The van der Waals surface area contributed by atoms with Gasteiger partial charge in [0.2, 0.25) is 0 Å². The van der Waals surface area contributed by atoms with E-state index >= 15 is 0 Å². The highest BCUT2D eigenvalue weighted by atomic mass is 15.0. The number of aliphatic imine (C=N–C) groups is 2. The van der Waals surface area contributed by atoms with E-state index in [1.165, 1.54) is 0 Å². The molecule has 3 heteroatoms. The molecule has 0 amide bonds. The van der Waals surface area contributed by atoms with Crippen molar-refractivity contribution in [1.82, 2.24) is 0 Å². The van der Waals surface area contributed by atoms with Gasteiger partial charge in [0.1, 0.15) is 12.4 Å². The minimum absolute atomic E-state index is 0.0988. The van der Waals surface area contributed by atoms with E-state index in [-0.39, 0.29) is 12.1 Å². The average Bonchev–Trinajstić information content (AvgIpc) is 2.86. The Morgan fingerprint density at radius 2 is 2.00 bits per heavy atom. The Labute approximate surface area is 100 Å². The first-order valence-corrected chi connectivity index (χ1v) is 5.64. The van der Waals surface area contributed by atoms with Gasteiger partial charge in [0.25, 0.3) is 0 Å². The van der Waals surface area contributed by atoms with Crippen LogP contribution in [0, 0.1) is 0 Å². The number of nitrogens with zero attached hydrogens (tertiary/aromatic N) is 2. The molecular weight excluding hydrogens is 210 g/mol. The Balaban J connectivity index is 1.89. The summed E-state index contributed by atoms with van der Waals surface area (Å²) >= 11 is 0. The lowest BCUT2D eigenvalue weighted by molar-refractivity contribution is 0.865. The summed E-state index contributed by atoms with van der Waals surface area (Å²) in [5.74, 6) is 0. The maximum absolute atomic E-state index is 6.24. The van der Waals surface area contributed by atoms with E-state index in [0.717, 1.165) is 16.8 Å². The maximum Gasteiger partial charge on any atom is 0.112 e. The largest absolute Gasteiger partial charge is 0.320 e. The average molecular weight is 223 g/mol. The van der Waals surface area contributed by atoms with Crippen LogP contribution in [0.4, 0.5) is 0 Å². The third kappa shape index (κ3) is 1.85. The Kier molecular flexibility index (Phi) is 2.46. The second kappa shape index (κ2) is 4.11. The quantitative estimate of drug-likeness (QED) is 0.819. The highest BCUT2D eigenvalue weighted by Crippen LogP contribution is 2.24. The van der Waals surface area contributed by atoms with Gasteiger partial charge in [0.15, 0.2) is 0 Å². The molecule has 1 aliphatic heterocycles. The molecule has 0 radical (unpaired) electrons. The molecule has 0 aromatic heterocycles. The van der Waals surface area contributed by atoms with E-state index in [9.17, 15) is 0 Å². The van der Waals surface area contributed by atoms with E-state index < -0.39 is 0 Å². The van der Waals surface area contributed by atoms with E-state index in [1.54, 1.807) is 6.34 Å². The molecule has 0 unspecified atom stereocenters. The number of rotatable bonds is 2. The minimum atomic E-state index is -0.100. The van der Waals surface area contributed by atoms with Gasteiger partial charge in [-0.25, -0.2) is 4.99 Å². The molecule has 84 valence electrons. The molecule has 2 aliphatic rings. The normalized spacial score (nSPS) is 23.0. The zero-order chi connectivity index (χ0) is 11.7. The Hall–Kier alpha value is -2.00. The standard InChI is InChI=1S/C14H13N3/c15-14(10-4-2-1-3-5-10)11-6-7-12-13(8-11)17-9-16-12/h1-9,12,14H,15H2/t12-,14+/m0/s1. The zero-order valence-electron chi connectivity index (χ0n) is 9.32. The molecule has 0 bridgehead atoms. The fourth-order valence-electron chi connectivity index (χ4n) is 2.06. The Morgan fingerprint density at radius 3 is 2.82 bits per heavy atom. The van der Waals surface area contributed by atoms with Gasteiger partial charge in [-0.05, 0) is 17.2 Å². The molecule has 0 saturated heterocycles. The molecule has 1 heterocycles. The molecule has 2 N–H and O–H groups in total. The van der Waals surface area contributed by atoms with Crippen LogP contribution in [0.2, 0.25) is 0 Å². The third-order valence-corrected chi connectivity index (χ3v) is 3.04. The fraction of sp³-hybridized carbons (Fsp3) is 0.143. The van der Waals surface area contributed by atoms with Crippen molar-refractivity contribution < 1.29 is 0 Å². The van der Waals surface area contributed by atoms with Crippen molar-refractivity contribution in [1.29, 1.82) is 0 Å². The summed E-state index contributed by atoms with van der Waals surface area (Å²) in [4.78, 5) is 8.45. The molecule has 1 aromatic rings. The number of hydrogen-bond donors (Lipinski definition) is 1. The number of fused-ring (bicyclic) bond motifs is 1. The molecule has 1 aromatic carbocycles. The number of hydrogen-bond acceptors (Lipinski definition) is 3. The summed E-state index contributed by atoms with van der Waals surface area (Å²) in [7, 11) is 0. The fourth-order valence-corrected chi connectivity index (χ4v) is 2.06. The van der Waals surface area contributed by atoms with Crippen LogP contribution in [-0.2, 0) is 0 Å². The summed E-state index contributed by atoms with van der Waals surface area (Å²) in [6.45, 7) is 0. The van der Waals surface area contributed by atoms with Crippen LogP contribution in [-0.4, -0.2) is 18.1 Å². The van der Waals surface area contributed by atoms with E-state index in [1.807, 2.05) is 48.6 Å². The zero-order valence-corrected chi connectivity index (χ0v) is 9.32. The second-order valence-corrected chi connectivity index (χ2v) is 4.16. The van der Waals surface area contributed by atoms with Crippen LogP contribution in [0.3, 0.4) is 0 Å². The number of nitrogens with two attached hydrogens (primary N) is 1. The van der Waals surface area contributed by atoms with Crippen LogP contribution in [0.1, 0.15) is 11.6 Å². The van der Waals surface area contributed by atoms with Crippen molar-refractivity contribution in [3.63, 3.8) is 0 Å². The lowest BCUT2D eigenvalue weighted by Crippen LogP contribution is -2.19. The molecule has 0 saturated carbocycles. The topological polar surface area (TPSA) is 50.7 Å². The van der Waals surface area contributed by atoms with Crippen molar-refractivity contribution in [2.75, 3.05) is 0 Å². The first-order chi connectivity index (χ1) is 8.34. The smallest absolute Gasteiger partial charge is 0.112 e. The van der Waals surface area contributed by atoms with Gasteiger partial charge in [-0.2, -0.15) is 0 Å². The van der Waals surface area contributed by atoms with Gasteiger partial charge >= 0.3 is 0 Å². The van der Waals surface area contributed by atoms with Gasteiger partial charge in [-0.15, -0.1) is 0 Å². The van der Waals surface area contributed by atoms with Crippen LogP contribution < -0.4 is 5.73 Å². The maximum atomic E-state index is 6.24. The molecule has 3 nitrogen and oxygen atoms in total. The monoisotopic (exact) mass is 223 g/mol. The van der Waals surface area contributed by atoms with Gasteiger partial charge in [0, 0.05) is 0 Å². The first-order valence-electron chi connectivity index (χ1n) is 5.64. The SMILES string of the molecule is N[C@@H](C1=CC2=NC=N[C@H]2C=C1)c1ccccc1. The molecule has 0 fully saturated rings. The highest BCUT2D eigenvalue weighted by molar-refractivity contribution is 6.09. The van der Waals surface area contributed by atoms with Gasteiger partial charge < -0.3 is 5.73 Å². The van der Waals surface area contributed by atoms with E-state index in [4.69, 9.17) is 5.73 Å². The summed E-state index contributed by atoms with van der Waals surface area (Å²) in [6, 6.07) is 10.1. The number of benzene rings is 1. The Bertz CT molecular complexity index is 538. The molecular formula is C14H13N3. The molecule has 0 spiro atoms. The van der Waals surface area contributed by atoms with Crippen molar-refractivity contribution in [3.8, 4) is 0 Å². The summed E-state index contributed by atoms with van der Waals surface area (Å²) in [5.41, 5.74) is 9.41. The van der Waals surface area contributed by atoms with Crippen LogP contribution >= 0.6 is 0 Å². The summed E-state index contributed by atoms with van der Waals surface area (Å²) in [6.07, 6.45) is 7.73. The van der Waals surface area contributed by atoms with Gasteiger partial charge in [-0.3, -0.25) is 4.99 Å². The van der Waals surface area contributed by atoms with Crippen molar-refractivity contribution >= 4 is 12.1 Å². The predicted molar refractivity (Wildman–Crippen MR) is 70.3 cm³/mol. The Morgan fingerprint density at radius 1 is 1.18 bits per heavy atom. The lowest BCUT2D eigenvalue weighted by atomic mass is 9.93. The molecule has 1 aliphatic carbocycles.